The summed E-state index contributed by atoms with van der Waals surface area (Å²) >= 11 is 0. The maximum Gasteiger partial charge on any atom is 0.139 e. The third kappa shape index (κ3) is 2.10. The number of aryl methyl sites for hydroxylation is 1. The minimum atomic E-state index is 0.0803. The molecule has 1 aromatic heterocycles. The van der Waals surface area contributed by atoms with E-state index in [0.717, 1.165) is 30.6 Å². The topological polar surface area (TPSA) is 30.0 Å². The van der Waals surface area contributed by atoms with Crippen molar-refractivity contribution in [1.82, 2.24) is 4.98 Å². The highest BCUT2D eigenvalue weighted by molar-refractivity contribution is 5.85. The molecule has 0 aromatic carbocycles. The van der Waals surface area contributed by atoms with Crippen LogP contribution < -0.4 is 0 Å². The second-order valence-electron chi connectivity index (χ2n) is 7.48. The van der Waals surface area contributed by atoms with E-state index in [1.54, 1.807) is 6.20 Å². The molecule has 0 atom stereocenters. The molecule has 4 aliphatic carbocycles. The number of Topliss-reactive ketones (excluding diaryl/α,β-unsaturated/α-hetero) is 1. The molecule has 4 fully saturated rings. The molecule has 0 spiro atoms. The monoisotopic (exact) mass is 269 g/mol. The second-order valence-corrected chi connectivity index (χ2v) is 7.48. The summed E-state index contributed by atoms with van der Waals surface area (Å²) in [4.78, 5) is 17.0. The van der Waals surface area contributed by atoms with Crippen molar-refractivity contribution >= 4 is 5.78 Å². The van der Waals surface area contributed by atoms with Gasteiger partial charge in [-0.1, -0.05) is 6.07 Å². The zero-order valence-corrected chi connectivity index (χ0v) is 12.1. The van der Waals surface area contributed by atoms with E-state index < -0.39 is 0 Å². The lowest BCUT2D eigenvalue weighted by Gasteiger charge is -2.56. The number of nitrogens with zero attached hydrogens (tertiary/aromatic N) is 1. The third-order valence-electron chi connectivity index (χ3n) is 5.99. The van der Waals surface area contributed by atoms with E-state index in [2.05, 4.69) is 11.1 Å². The van der Waals surface area contributed by atoms with Crippen LogP contribution in [0.3, 0.4) is 0 Å². The van der Waals surface area contributed by atoms with Gasteiger partial charge >= 0.3 is 0 Å². The number of carbonyl (C=O) groups excluding carboxylic acids is 1. The van der Waals surface area contributed by atoms with Crippen molar-refractivity contribution < 1.29 is 4.79 Å². The van der Waals surface area contributed by atoms with Gasteiger partial charge < -0.3 is 0 Å². The maximum absolute atomic E-state index is 12.8. The molecule has 2 nitrogen and oxygen atoms in total. The molecule has 20 heavy (non-hydrogen) atoms. The average molecular weight is 269 g/mol. The predicted molar refractivity (Wildman–Crippen MR) is 78.2 cm³/mol. The molecule has 4 bridgehead atoms. The lowest BCUT2D eigenvalue weighted by Crippen LogP contribution is -2.50. The number of carbonyl (C=O) groups is 1. The minimum absolute atomic E-state index is 0.0803. The van der Waals surface area contributed by atoms with Crippen LogP contribution in [0.5, 0.6) is 0 Å². The highest BCUT2D eigenvalue weighted by Crippen LogP contribution is 2.60. The Bertz CT molecular complexity index is 472. The molecule has 0 radical (unpaired) electrons. The molecule has 1 aromatic rings. The Kier molecular flexibility index (Phi) is 2.94. The van der Waals surface area contributed by atoms with Gasteiger partial charge in [-0.25, -0.2) is 0 Å². The molecule has 5 rings (SSSR count). The molecule has 2 heteroatoms. The van der Waals surface area contributed by atoms with Gasteiger partial charge in [-0.05, 0) is 74.3 Å². The number of rotatable bonds is 4. The van der Waals surface area contributed by atoms with E-state index in [1.165, 1.54) is 44.1 Å². The first kappa shape index (κ1) is 12.6. The summed E-state index contributed by atoms with van der Waals surface area (Å²) in [6.45, 7) is 0. The van der Waals surface area contributed by atoms with E-state index in [9.17, 15) is 4.79 Å². The maximum atomic E-state index is 12.8. The molecule has 0 N–H and O–H groups in total. The second kappa shape index (κ2) is 4.68. The van der Waals surface area contributed by atoms with E-state index >= 15 is 0 Å². The van der Waals surface area contributed by atoms with Crippen LogP contribution in [0.4, 0.5) is 0 Å². The fourth-order valence-electron chi connectivity index (χ4n) is 5.52. The van der Waals surface area contributed by atoms with Crippen LogP contribution in [0.25, 0.3) is 0 Å². The van der Waals surface area contributed by atoms with Crippen molar-refractivity contribution in [2.75, 3.05) is 0 Å². The van der Waals surface area contributed by atoms with Gasteiger partial charge in [0.25, 0.3) is 0 Å². The lowest BCUT2D eigenvalue weighted by molar-refractivity contribution is -0.143. The first-order chi connectivity index (χ1) is 9.73. The largest absolute Gasteiger partial charge is 0.299 e. The van der Waals surface area contributed by atoms with Gasteiger partial charge in [0, 0.05) is 24.2 Å². The summed E-state index contributed by atoms with van der Waals surface area (Å²) in [7, 11) is 0. The third-order valence-corrected chi connectivity index (χ3v) is 5.99. The number of hydrogen-bond donors (Lipinski definition) is 0. The first-order valence-electron chi connectivity index (χ1n) is 8.16. The van der Waals surface area contributed by atoms with Crippen LogP contribution in [0, 0.1) is 23.2 Å². The zero-order chi connectivity index (χ0) is 13.6. The molecule has 4 saturated carbocycles. The van der Waals surface area contributed by atoms with Crippen LogP contribution in [0.1, 0.15) is 50.5 Å². The molecular formula is C18H23NO. The van der Waals surface area contributed by atoms with Gasteiger partial charge in [-0.3, -0.25) is 9.78 Å². The van der Waals surface area contributed by atoms with Gasteiger partial charge in [0.1, 0.15) is 5.78 Å². The normalized spacial score (nSPS) is 38.1. The fraction of sp³-hybridized carbons (Fsp3) is 0.667. The molecule has 4 aliphatic rings. The molecule has 0 amide bonds. The van der Waals surface area contributed by atoms with Crippen LogP contribution in [-0.4, -0.2) is 10.8 Å². The van der Waals surface area contributed by atoms with Gasteiger partial charge in [-0.15, -0.1) is 0 Å². The van der Waals surface area contributed by atoms with E-state index in [0.29, 0.717) is 5.78 Å². The summed E-state index contributed by atoms with van der Waals surface area (Å²) in [5.74, 6) is 3.15. The SMILES string of the molecule is O=C(CCc1cccnc1)C12CC3CC(CC(C3)C1)C2. The fourth-order valence-corrected chi connectivity index (χ4v) is 5.52. The highest BCUT2D eigenvalue weighted by atomic mass is 16.1. The van der Waals surface area contributed by atoms with Crippen LogP contribution in [0.15, 0.2) is 24.5 Å². The van der Waals surface area contributed by atoms with Crippen molar-refractivity contribution in [3.05, 3.63) is 30.1 Å². The number of hydrogen-bond acceptors (Lipinski definition) is 2. The van der Waals surface area contributed by atoms with Gasteiger partial charge in [0.2, 0.25) is 0 Å². The van der Waals surface area contributed by atoms with Crippen LogP contribution in [-0.2, 0) is 11.2 Å². The molecule has 106 valence electrons. The van der Waals surface area contributed by atoms with Gasteiger partial charge in [0.05, 0.1) is 0 Å². The Morgan fingerprint density at radius 2 is 1.80 bits per heavy atom. The minimum Gasteiger partial charge on any atom is -0.299 e. The first-order valence-corrected chi connectivity index (χ1v) is 8.16. The Balaban J connectivity index is 1.46. The Labute approximate surface area is 121 Å². The van der Waals surface area contributed by atoms with Crippen LogP contribution >= 0.6 is 0 Å². The highest BCUT2D eigenvalue weighted by Gasteiger charge is 2.53. The zero-order valence-electron chi connectivity index (χ0n) is 12.1. The molecule has 0 saturated heterocycles. The van der Waals surface area contributed by atoms with Crippen molar-refractivity contribution in [1.29, 1.82) is 0 Å². The Hall–Kier alpha value is -1.18. The van der Waals surface area contributed by atoms with Gasteiger partial charge in [0.15, 0.2) is 0 Å². The number of ketones is 1. The molecular weight excluding hydrogens is 246 g/mol. The van der Waals surface area contributed by atoms with E-state index in [4.69, 9.17) is 0 Å². The smallest absolute Gasteiger partial charge is 0.139 e. The summed E-state index contributed by atoms with van der Waals surface area (Å²) in [6, 6.07) is 4.05. The Morgan fingerprint density at radius 1 is 1.15 bits per heavy atom. The van der Waals surface area contributed by atoms with E-state index in [-0.39, 0.29) is 5.41 Å². The van der Waals surface area contributed by atoms with Crippen LogP contribution in [0.2, 0.25) is 0 Å². The molecule has 0 aliphatic heterocycles. The standard InChI is InChI=1S/C18H23NO/c20-17(4-3-13-2-1-5-19-12-13)18-9-14-6-15(10-18)8-16(7-14)11-18/h1-2,5,12,14-16H,3-4,6-11H2. The van der Waals surface area contributed by atoms with E-state index in [1.807, 2.05) is 12.3 Å². The quantitative estimate of drug-likeness (QED) is 0.832. The lowest BCUT2D eigenvalue weighted by atomic mass is 9.48. The van der Waals surface area contributed by atoms with Crippen molar-refractivity contribution in [2.24, 2.45) is 23.2 Å². The Morgan fingerprint density at radius 3 is 2.35 bits per heavy atom. The van der Waals surface area contributed by atoms with Gasteiger partial charge in [-0.2, -0.15) is 0 Å². The average Bonchev–Trinajstić information content (AvgIpc) is 2.44. The summed E-state index contributed by atoms with van der Waals surface area (Å²) < 4.78 is 0. The summed E-state index contributed by atoms with van der Waals surface area (Å²) in [5.41, 5.74) is 1.28. The number of pyridine rings is 1. The van der Waals surface area contributed by atoms with Crippen molar-refractivity contribution in [3.63, 3.8) is 0 Å². The summed E-state index contributed by atoms with van der Waals surface area (Å²) in [5, 5.41) is 0. The summed E-state index contributed by atoms with van der Waals surface area (Å²) in [6.07, 6.45) is 13.1. The molecule has 0 unspecified atom stereocenters. The number of aromatic nitrogens is 1. The van der Waals surface area contributed by atoms with Crippen molar-refractivity contribution in [2.45, 2.75) is 51.4 Å². The van der Waals surface area contributed by atoms with Crippen molar-refractivity contribution in [3.8, 4) is 0 Å². The molecule has 1 heterocycles. The predicted octanol–water partition coefficient (Wildman–Crippen LogP) is 3.80.